The van der Waals surface area contributed by atoms with Gasteiger partial charge in [-0.25, -0.2) is 9.97 Å². The Kier molecular flexibility index (Phi) is 9.54. The number of hydrogen-bond donors (Lipinski definition) is 0. The van der Waals surface area contributed by atoms with Gasteiger partial charge in [-0.3, -0.25) is 18.8 Å². The molecular formula is C34H40N6O5. The highest BCUT2D eigenvalue weighted by atomic mass is 16.5. The van der Waals surface area contributed by atoms with Crippen LogP contribution in [-0.2, 0) is 16.1 Å². The molecule has 2 aliphatic heterocycles. The maximum absolute atomic E-state index is 14.0. The lowest BCUT2D eigenvalue weighted by atomic mass is 10.0. The van der Waals surface area contributed by atoms with E-state index in [9.17, 15) is 14.4 Å². The first-order valence-corrected chi connectivity index (χ1v) is 15.9. The van der Waals surface area contributed by atoms with E-state index in [0.29, 0.717) is 76.7 Å². The van der Waals surface area contributed by atoms with E-state index in [-0.39, 0.29) is 28.9 Å². The molecule has 5 heterocycles. The number of ether oxygens (including phenoxy) is 2. The van der Waals surface area contributed by atoms with E-state index in [1.807, 2.05) is 59.0 Å². The summed E-state index contributed by atoms with van der Waals surface area (Å²) in [6.07, 6.45) is 8.85. The fraction of sp³-hybridized carbons (Fsp3) is 0.441. The van der Waals surface area contributed by atoms with E-state index in [4.69, 9.17) is 9.47 Å². The van der Waals surface area contributed by atoms with E-state index in [2.05, 4.69) is 9.97 Å². The van der Waals surface area contributed by atoms with Gasteiger partial charge in [0.2, 0.25) is 5.91 Å². The lowest BCUT2D eigenvalue weighted by Gasteiger charge is -2.30. The summed E-state index contributed by atoms with van der Waals surface area (Å²) in [6, 6.07) is 13.2. The van der Waals surface area contributed by atoms with Gasteiger partial charge in [0.05, 0.1) is 19.1 Å². The van der Waals surface area contributed by atoms with E-state index in [0.717, 1.165) is 36.4 Å². The van der Waals surface area contributed by atoms with Crippen LogP contribution in [0.15, 0.2) is 65.8 Å². The van der Waals surface area contributed by atoms with Crippen LogP contribution >= 0.6 is 0 Å². The van der Waals surface area contributed by atoms with E-state index < -0.39 is 0 Å². The molecule has 2 bridgehead atoms. The average Bonchev–Trinajstić information content (AvgIpc) is 3.54. The second kappa shape index (κ2) is 14.1. The Bertz CT molecular complexity index is 1710. The summed E-state index contributed by atoms with van der Waals surface area (Å²) in [5.41, 5.74) is 1.78. The molecule has 0 saturated carbocycles. The van der Waals surface area contributed by atoms with Gasteiger partial charge in [-0.05, 0) is 63.3 Å². The Morgan fingerprint density at radius 1 is 0.889 bits per heavy atom. The van der Waals surface area contributed by atoms with Crippen LogP contribution in [0.5, 0.6) is 5.75 Å². The van der Waals surface area contributed by atoms with Gasteiger partial charge in [-0.2, -0.15) is 0 Å². The lowest BCUT2D eigenvalue weighted by Crippen LogP contribution is -2.41. The maximum atomic E-state index is 14.0. The van der Waals surface area contributed by atoms with Gasteiger partial charge in [0, 0.05) is 69.2 Å². The van der Waals surface area contributed by atoms with Gasteiger partial charge < -0.3 is 23.8 Å². The van der Waals surface area contributed by atoms with Crippen molar-refractivity contribution in [1.82, 2.24) is 28.7 Å². The number of carbonyl (C=O) groups is 2. The fourth-order valence-electron chi connectivity index (χ4n) is 6.19. The van der Waals surface area contributed by atoms with Gasteiger partial charge in [0.25, 0.3) is 11.5 Å². The predicted octanol–water partition coefficient (Wildman–Crippen LogP) is 3.83. The van der Waals surface area contributed by atoms with E-state index in [1.165, 1.54) is 10.6 Å². The zero-order valence-corrected chi connectivity index (χ0v) is 25.8. The molecule has 0 spiro atoms. The number of carbonyl (C=O) groups excluding carboxylic acids is 2. The van der Waals surface area contributed by atoms with Crippen molar-refractivity contribution in [2.45, 2.75) is 45.6 Å². The minimum absolute atomic E-state index is 0.0394. The fourth-order valence-corrected chi connectivity index (χ4v) is 6.19. The number of nitrogens with zero attached hydrogens (tertiary/aromatic N) is 6. The molecule has 11 heteroatoms. The quantitative estimate of drug-likeness (QED) is 0.338. The van der Waals surface area contributed by atoms with Crippen LogP contribution in [0.1, 0.15) is 48.2 Å². The number of aromatic nitrogens is 4. The molecule has 1 atom stereocenters. The molecule has 0 radical (unpaired) electrons. The molecular weight excluding hydrogens is 572 g/mol. The molecule has 236 valence electrons. The molecule has 1 saturated heterocycles. The minimum atomic E-state index is -0.377. The molecule has 1 aromatic carbocycles. The van der Waals surface area contributed by atoms with Crippen molar-refractivity contribution in [2.75, 3.05) is 46.0 Å². The molecule has 1 unspecified atom stereocenters. The van der Waals surface area contributed by atoms with Crippen molar-refractivity contribution in [1.29, 1.82) is 0 Å². The first-order valence-electron chi connectivity index (χ1n) is 15.9. The van der Waals surface area contributed by atoms with Crippen LogP contribution in [0.25, 0.3) is 17.0 Å². The number of rotatable bonds is 2. The molecule has 2 amide bonds. The highest BCUT2D eigenvalue weighted by Gasteiger charge is 2.27. The van der Waals surface area contributed by atoms with Gasteiger partial charge in [0.1, 0.15) is 22.8 Å². The summed E-state index contributed by atoms with van der Waals surface area (Å²) in [5, 5.41) is 0. The number of fused-ring (bicyclic) bond motifs is 5. The van der Waals surface area contributed by atoms with Gasteiger partial charge in [0.15, 0.2) is 0 Å². The summed E-state index contributed by atoms with van der Waals surface area (Å²) in [4.78, 5) is 53.7. The lowest BCUT2D eigenvalue weighted by molar-refractivity contribution is -0.140. The second-order valence-corrected chi connectivity index (χ2v) is 11.8. The normalized spacial score (nSPS) is 18.6. The Balaban J connectivity index is 1.28. The molecule has 4 aromatic rings. The third-order valence-corrected chi connectivity index (χ3v) is 8.63. The van der Waals surface area contributed by atoms with Crippen molar-refractivity contribution in [3.8, 4) is 17.1 Å². The SMILES string of the molecule is Cc1cccc2ncc(C(=O)N3CCCCN(C(=O)C4CCCOC4)CCCOc4cccc(c4)-c4nccn4CC3)c(=O)n12. The Hall–Kier alpha value is -4.51. The van der Waals surface area contributed by atoms with Crippen LogP contribution in [0.2, 0.25) is 0 Å². The third-order valence-electron chi connectivity index (χ3n) is 8.63. The Morgan fingerprint density at radius 3 is 2.56 bits per heavy atom. The van der Waals surface area contributed by atoms with Gasteiger partial charge >= 0.3 is 0 Å². The molecule has 11 nitrogen and oxygen atoms in total. The molecule has 3 aromatic heterocycles. The number of benzene rings is 1. The summed E-state index contributed by atoms with van der Waals surface area (Å²) >= 11 is 0. The first kappa shape index (κ1) is 30.5. The number of amides is 2. The largest absolute Gasteiger partial charge is 0.494 e. The monoisotopic (exact) mass is 612 g/mol. The van der Waals surface area contributed by atoms with Crippen LogP contribution in [-0.4, -0.2) is 86.5 Å². The molecule has 45 heavy (non-hydrogen) atoms. The standard InChI is InChI=1S/C34H40N6O5/c1-25-8-4-12-30-36-23-29(34(43)40(25)30)33(42)39-15-3-2-14-38(32(41)27-10-6-20-44-24-27)16-7-21-45-28-11-5-9-26(22-28)31-35-13-17-37(31)18-19-39/h4-5,8-9,11-13,17,22-23,27H,2-3,6-7,10,14-16,18-21,24H2,1H3. The molecule has 2 aliphatic rings. The zero-order valence-electron chi connectivity index (χ0n) is 25.8. The topological polar surface area (TPSA) is 111 Å². The van der Waals surface area contributed by atoms with Crippen LogP contribution < -0.4 is 10.3 Å². The Morgan fingerprint density at radius 2 is 1.71 bits per heavy atom. The van der Waals surface area contributed by atoms with Crippen molar-refractivity contribution < 1.29 is 19.1 Å². The number of imidazole rings is 1. The van der Waals surface area contributed by atoms with E-state index >= 15 is 0 Å². The number of hydrogen-bond acceptors (Lipinski definition) is 7. The first-order chi connectivity index (χ1) is 22.0. The van der Waals surface area contributed by atoms with Crippen molar-refractivity contribution >= 4 is 17.5 Å². The highest BCUT2D eigenvalue weighted by molar-refractivity contribution is 5.93. The summed E-state index contributed by atoms with van der Waals surface area (Å²) in [6.45, 7) is 5.94. The molecule has 6 rings (SSSR count). The molecule has 0 N–H and O–H groups in total. The van der Waals surface area contributed by atoms with Gasteiger partial charge in [-0.1, -0.05) is 18.2 Å². The second-order valence-electron chi connectivity index (χ2n) is 11.8. The Labute approximate surface area is 262 Å². The summed E-state index contributed by atoms with van der Waals surface area (Å²) in [5.74, 6) is 1.15. The minimum Gasteiger partial charge on any atom is -0.494 e. The predicted molar refractivity (Wildman–Crippen MR) is 169 cm³/mol. The van der Waals surface area contributed by atoms with Crippen LogP contribution in [0.3, 0.4) is 0 Å². The number of aryl methyl sites for hydroxylation is 1. The summed E-state index contributed by atoms with van der Waals surface area (Å²) in [7, 11) is 0. The summed E-state index contributed by atoms with van der Waals surface area (Å²) < 4.78 is 15.2. The van der Waals surface area contributed by atoms with Gasteiger partial charge in [-0.15, -0.1) is 0 Å². The smallest absolute Gasteiger partial charge is 0.270 e. The van der Waals surface area contributed by atoms with Crippen molar-refractivity contribution in [3.05, 3.63) is 82.7 Å². The molecule has 0 aliphatic carbocycles. The van der Waals surface area contributed by atoms with Crippen LogP contribution in [0, 0.1) is 12.8 Å². The van der Waals surface area contributed by atoms with Crippen LogP contribution in [0.4, 0.5) is 0 Å². The maximum Gasteiger partial charge on any atom is 0.270 e. The highest BCUT2D eigenvalue weighted by Crippen LogP contribution is 2.24. The van der Waals surface area contributed by atoms with Crippen molar-refractivity contribution in [3.63, 3.8) is 0 Å². The third kappa shape index (κ3) is 6.93. The average molecular weight is 613 g/mol. The number of pyridine rings is 1. The zero-order chi connectivity index (χ0) is 31.2. The van der Waals surface area contributed by atoms with E-state index in [1.54, 1.807) is 17.2 Å². The molecule has 1 fully saturated rings. The van der Waals surface area contributed by atoms with Crippen molar-refractivity contribution in [2.24, 2.45) is 5.92 Å².